The molecule has 0 bridgehead atoms. The second kappa shape index (κ2) is 11.7. The van der Waals surface area contributed by atoms with Gasteiger partial charge in [-0.05, 0) is 59.7 Å². The summed E-state index contributed by atoms with van der Waals surface area (Å²) in [5.74, 6) is 2.67. The summed E-state index contributed by atoms with van der Waals surface area (Å²) in [4.78, 5) is 9.56. The fourth-order valence-corrected chi connectivity index (χ4v) is 3.78. The van der Waals surface area contributed by atoms with Crippen molar-refractivity contribution in [3.8, 4) is 34.1 Å². The Balaban J connectivity index is 1.66. The molecule has 0 spiro atoms. The standard InChI is InChI=1S/C30H28N2O4/c1-33-27-15-13-21(17-29(27)35-3)19-31-25-11-7-5-9-23(25)24-10-6-8-12-26(24)32-20-22-14-16-28(34-2)30(18-22)36-4/h5-20H,1-4H3. The third-order valence-corrected chi connectivity index (χ3v) is 5.62. The molecular formula is C30H28N2O4. The Bertz CT molecular complexity index is 1290. The van der Waals surface area contributed by atoms with Crippen molar-refractivity contribution < 1.29 is 18.9 Å². The van der Waals surface area contributed by atoms with Gasteiger partial charge in [-0.3, -0.25) is 9.98 Å². The Morgan fingerprint density at radius 1 is 0.472 bits per heavy atom. The van der Waals surface area contributed by atoms with Gasteiger partial charge in [-0.2, -0.15) is 0 Å². The molecule has 4 aromatic carbocycles. The maximum absolute atomic E-state index is 5.41. The van der Waals surface area contributed by atoms with Gasteiger partial charge >= 0.3 is 0 Å². The predicted molar refractivity (Wildman–Crippen MR) is 145 cm³/mol. The van der Waals surface area contributed by atoms with E-state index in [0.717, 1.165) is 33.6 Å². The molecule has 6 nitrogen and oxygen atoms in total. The second-order valence-corrected chi connectivity index (χ2v) is 7.78. The number of hydrogen-bond donors (Lipinski definition) is 0. The summed E-state index contributed by atoms with van der Waals surface area (Å²) in [7, 11) is 6.47. The number of nitrogens with zero attached hydrogens (tertiary/aromatic N) is 2. The van der Waals surface area contributed by atoms with Gasteiger partial charge in [0.1, 0.15) is 0 Å². The van der Waals surface area contributed by atoms with Gasteiger partial charge in [0.15, 0.2) is 23.0 Å². The number of ether oxygens (including phenoxy) is 4. The average Bonchev–Trinajstić information content (AvgIpc) is 2.94. The molecule has 0 heterocycles. The first kappa shape index (κ1) is 24.5. The minimum absolute atomic E-state index is 0.657. The Labute approximate surface area is 211 Å². The largest absolute Gasteiger partial charge is 0.493 e. The van der Waals surface area contributed by atoms with Crippen LogP contribution in [0.3, 0.4) is 0 Å². The van der Waals surface area contributed by atoms with Gasteiger partial charge in [0.05, 0.1) is 39.8 Å². The zero-order valence-electron chi connectivity index (χ0n) is 20.8. The van der Waals surface area contributed by atoms with Gasteiger partial charge in [0.2, 0.25) is 0 Å². The third kappa shape index (κ3) is 5.55. The van der Waals surface area contributed by atoms with Crippen molar-refractivity contribution in [1.82, 2.24) is 0 Å². The highest BCUT2D eigenvalue weighted by Crippen LogP contribution is 2.37. The summed E-state index contributed by atoms with van der Waals surface area (Å²) in [5.41, 5.74) is 5.44. The lowest BCUT2D eigenvalue weighted by molar-refractivity contribution is 0.355. The van der Waals surface area contributed by atoms with Gasteiger partial charge in [0.25, 0.3) is 0 Å². The molecule has 6 heteroatoms. The molecule has 4 rings (SSSR count). The number of benzene rings is 4. The number of para-hydroxylation sites is 2. The van der Waals surface area contributed by atoms with E-state index in [9.17, 15) is 0 Å². The smallest absolute Gasteiger partial charge is 0.161 e. The molecule has 4 aromatic rings. The molecule has 0 radical (unpaired) electrons. The van der Waals surface area contributed by atoms with E-state index >= 15 is 0 Å². The van der Waals surface area contributed by atoms with E-state index in [0.29, 0.717) is 23.0 Å². The van der Waals surface area contributed by atoms with Crippen LogP contribution in [-0.2, 0) is 0 Å². The minimum atomic E-state index is 0.657. The summed E-state index contributed by atoms with van der Waals surface area (Å²) < 4.78 is 21.5. The molecular weight excluding hydrogens is 452 g/mol. The summed E-state index contributed by atoms with van der Waals surface area (Å²) in [6, 6.07) is 27.4. The SMILES string of the molecule is COc1ccc(C=Nc2ccccc2-c2ccccc2N=Cc2ccc(OC)c(OC)c2)cc1OC. The quantitative estimate of drug-likeness (QED) is 0.245. The number of rotatable bonds is 9. The van der Waals surface area contributed by atoms with Crippen LogP contribution in [0, 0.1) is 0 Å². The molecule has 0 aliphatic carbocycles. The van der Waals surface area contributed by atoms with E-state index in [1.165, 1.54) is 0 Å². The van der Waals surface area contributed by atoms with Crippen LogP contribution in [0.5, 0.6) is 23.0 Å². The monoisotopic (exact) mass is 480 g/mol. The van der Waals surface area contributed by atoms with Crippen LogP contribution in [-0.4, -0.2) is 40.9 Å². The topological polar surface area (TPSA) is 61.6 Å². The first-order valence-electron chi connectivity index (χ1n) is 11.4. The summed E-state index contributed by atoms with van der Waals surface area (Å²) in [6.07, 6.45) is 3.63. The average molecular weight is 481 g/mol. The van der Waals surface area contributed by atoms with E-state index in [1.54, 1.807) is 28.4 Å². The molecule has 0 amide bonds. The lowest BCUT2D eigenvalue weighted by Gasteiger charge is -2.10. The normalized spacial score (nSPS) is 11.1. The molecule has 0 saturated carbocycles. The summed E-state index contributed by atoms with van der Waals surface area (Å²) in [6.45, 7) is 0. The maximum Gasteiger partial charge on any atom is 0.161 e. The summed E-state index contributed by atoms with van der Waals surface area (Å²) >= 11 is 0. The van der Waals surface area contributed by atoms with Crippen LogP contribution in [0.1, 0.15) is 11.1 Å². The Hall–Kier alpha value is -4.58. The van der Waals surface area contributed by atoms with Gasteiger partial charge in [-0.15, -0.1) is 0 Å². The lowest BCUT2D eigenvalue weighted by atomic mass is 10.0. The van der Waals surface area contributed by atoms with Crippen molar-refractivity contribution in [2.45, 2.75) is 0 Å². The number of aliphatic imine (C=N–C) groups is 2. The van der Waals surface area contributed by atoms with E-state index in [2.05, 4.69) is 0 Å². The molecule has 0 aliphatic heterocycles. The third-order valence-electron chi connectivity index (χ3n) is 5.62. The van der Waals surface area contributed by atoms with Crippen molar-refractivity contribution in [1.29, 1.82) is 0 Å². The van der Waals surface area contributed by atoms with Gasteiger partial charge in [-0.1, -0.05) is 36.4 Å². The molecule has 0 N–H and O–H groups in total. The lowest BCUT2D eigenvalue weighted by Crippen LogP contribution is -1.92. The van der Waals surface area contributed by atoms with Crippen molar-refractivity contribution in [3.63, 3.8) is 0 Å². The number of methoxy groups -OCH3 is 4. The van der Waals surface area contributed by atoms with Crippen molar-refractivity contribution >= 4 is 23.8 Å². The Morgan fingerprint density at radius 2 is 0.861 bits per heavy atom. The second-order valence-electron chi connectivity index (χ2n) is 7.78. The van der Waals surface area contributed by atoms with Crippen LogP contribution in [0.4, 0.5) is 11.4 Å². The van der Waals surface area contributed by atoms with Crippen molar-refractivity contribution in [2.75, 3.05) is 28.4 Å². The number of hydrogen-bond acceptors (Lipinski definition) is 6. The zero-order valence-corrected chi connectivity index (χ0v) is 20.8. The molecule has 0 saturated heterocycles. The molecule has 36 heavy (non-hydrogen) atoms. The zero-order chi connectivity index (χ0) is 25.3. The minimum Gasteiger partial charge on any atom is -0.493 e. The van der Waals surface area contributed by atoms with E-state index in [4.69, 9.17) is 28.9 Å². The Kier molecular flexibility index (Phi) is 7.98. The molecule has 0 unspecified atom stereocenters. The highest BCUT2D eigenvalue weighted by atomic mass is 16.5. The van der Waals surface area contributed by atoms with Crippen LogP contribution in [0.2, 0.25) is 0 Å². The van der Waals surface area contributed by atoms with Gasteiger partial charge in [0, 0.05) is 23.6 Å². The molecule has 0 fully saturated rings. The van der Waals surface area contributed by atoms with Crippen LogP contribution < -0.4 is 18.9 Å². The summed E-state index contributed by atoms with van der Waals surface area (Å²) in [5, 5.41) is 0. The first-order valence-corrected chi connectivity index (χ1v) is 11.4. The maximum atomic E-state index is 5.41. The van der Waals surface area contributed by atoms with Crippen LogP contribution in [0.15, 0.2) is 94.9 Å². The van der Waals surface area contributed by atoms with Crippen molar-refractivity contribution in [3.05, 3.63) is 96.1 Å². The van der Waals surface area contributed by atoms with Gasteiger partial charge in [-0.25, -0.2) is 0 Å². The Morgan fingerprint density at radius 3 is 1.25 bits per heavy atom. The van der Waals surface area contributed by atoms with Crippen molar-refractivity contribution in [2.24, 2.45) is 9.98 Å². The fourth-order valence-electron chi connectivity index (χ4n) is 3.78. The molecule has 0 aromatic heterocycles. The van der Waals surface area contributed by atoms with E-state index in [1.807, 2.05) is 97.4 Å². The highest BCUT2D eigenvalue weighted by molar-refractivity contribution is 5.91. The molecule has 182 valence electrons. The molecule has 0 aliphatic rings. The highest BCUT2D eigenvalue weighted by Gasteiger charge is 2.09. The van der Waals surface area contributed by atoms with Gasteiger partial charge < -0.3 is 18.9 Å². The predicted octanol–water partition coefficient (Wildman–Crippen LogP) is 6.89. The van der Waals surface area contributed by atoms with E-state index < -0.39 is 0 Å². The van der Waals surface area contributed by atoms with Crippen LogP contribution in [0.25, 0.3) is 11.1 Å². The first-order chi connectivity index (χ1) is 17.7. The van der Waals surface area contributed by atoms with E-state index in [-0.39, 0.29) is 0 Å². The van der Waals surface area contributed by atoms with Crippen LogP contribution >= 0.6 is 0 Å². The molecule has 0 atom stereocenters. The fraction of sp³-hybridized carbons (Fsp3) is 0.133.